The summed E-state index contributed by atoms with van der Waals surface area (Å²) in [6, 6.07) is 0. The fraction of sp³-hybridized carbons (Fsp3) is 0.931. The number of ether oxygens (including phenoxy) is 2. The molecule has 0 spiro atoms. The first-order valence-corrected chi connectivity index (χ1v) is 17.3. The van der Waals surface area contributed by atoms with E-state index in [1.54, 1.807) is 6.08 Å². The quantitative estimate of drug-likeness (QED) is 0.134. The van der Waals surface area contributed by atoms with E-state index in [0.717, 1.165) is 32.1 Å². The fourth-order valence-corrected chi connectivity index (χ4v) is 6.54. The first-order chi connectivity index (χ1) is 16.1. The molecule has 2 heterocycles. The Morgan fingerprint density at radius 3 is 2.00 bits per heavy atom. The van der Waals surface area contributed by atoms with Crippen LogP contribution in [0.25, 0.3) is 0 Å². The summed E-state index contributed by atoms with van der Waals surface area (Å²) in [5.41, 5.74) is 0. The van der Waals surface area contributed by atoms with Crippen molar-refractivity contribution in [3.05, 3.63) is 12.7 Å². The second kappa shape index (κ2) is 14.5. The van der Waals surface area contributed by atoms with Crippen LogP contribution in [0.3, 0.4) is 0 Å². The smallest absolute Gasteiger partial charge is 0.192 e. The Hall–Kier alpha value is -0.203. The zero-order valence-electron chi connectivity index (χ0n) is 23.3. The van der Waals surface area contributed by atoms with Gasteiger partial charge in [0.2, 0.25) is 0 Å². The molecule has 0 saturated carbocycles. The summed E-state index contributed by atoms with van der Waals surface area (Å²) in [6.07, 6.45) is 18.2. The zero-order chi connectivity index (χ0) is 25.2. The van der Waals surface area contributed by atoms with Gasteiger partial charge in [-0.2, -0.15) is 0 Å². The Morgan fingerprint density at radius 1 is 0.912 bits per heavy atom. The molecule has 0 aromatic heterocycles. The van der Waals surface area contributed by atoms with Gasteiger partial charge < -0.3 is 19.0 Å². The lowest BCUT2D eigenvalue weighted by Crippen LogP contribution is -2.47. The van der Waals surface area contributed by atoms with Crippen LogP contribution >= 0.6 is 0 Å². The van der Waals surface area contributed by atoms with E-state index >= 15 is 0 Å². The van der Waals surface area contributed by atoms with Crippen LogP contribution in [-0.2, 0) is 13.9 Å². The average molecular weight is 497 g/mol. The number of aliphatic hydroxyl groups excluding tert-OH is 1. The highest BCUT2D eigenvalue weighted by Gasteiger charge is 2.44. The van der Waals surface area contributed by atoms with Gasteiger partial charge in [-0.05, 0) is 56.7 Å². The molecule has 1 N–H and O–H groups in total. The van der Waals surface area contributed by atoms with Crippen LogP contribution in [-0.4, -0.2) is 50.0 Å². The van der Waals surface area contributed by atoms with Gasteiger partial charge in [0.25, 0.3) is 0 Å². The number of rotatable bonds is 16. The molecule has 4 nitrogen and oxygen atoms in total. The molecule has 2 rings (SSSR count). The van der Waals surface area contributed by atoms with Crippen LogP contribution in [0.1, 0.15) is 118 Å². The minimum absolute atomic E-state index is 0.0812. The lowest BCUT2D eigenvalue weighted by atomic mass is 10.0. The first-order valence-electron chi connectivity index (χ1n) is 14.4. The second-order valence-electron chi connectivity index (χ2n) is 12.4. The Bertz CT molecular complexity index is 573. The molecule has 2 aliphatic rings. The number of unbranched alkanes of at least 4 members (excludes halogenated alkanes) is 7. The Kier molecular flexibility index (Phi) is 12.8. The number of hydrogen-bond acceptors (Lipinski definition) is 4. The summed E-state index contributed by atoms with van der Waals surface area (Å²) in [4.78, 5) is 0. The molecule has 0 bridgehead atoms. The van der Waals surface area contributed by atoms with Crippen molar-refractivity contribution in [2.75, 3.05) is 0 Å². The van der Waals surface area contributed by atoms with Gasteiger partial charge in [-0.3, -0.25) is 0 Å². The van der Waals surface area contributed by atoms with Crippen molar-refractivity contribution in [1.82, 2.24) is 0 Å². The molecule has 0 aliphatic carbocycles. The summed E-state index contributed by atoms with van der Waals surface area (Å²) in [7, 11) is -1.87. The fourth-order valence-electron chi connectivity index (χ4n) is 5.16. The van der Waals surface area contributed by atoms with Crippen molar-refractivity contribution in [2.45, 2.75) is 172 Å². The van der Waals surface area contributed by atoms with Crippen LogP contribution in [0.5, 0.6) is 0 Å². The van der Waals surface area contributed by atoms with Crippen molar-refractivity contribution in [2.24, 2.45) is 0 Å². The minimum atomic E-state index is -1.87. The van der Waals surface area contributed by atoms with E-state index in [0.29, 0.717) is 6.42 Å². The largest absolute Gasteiger partial charge is 0.411 e. The molecule has 2 saturated heterocycles. The third-order valence-corrected chi connectivity index (χ3v) is 12.9. The van der Waals surface area contributed by atoms with Crippen LogP contribution < -0.4 is 0 Å². The van der Waals surface area contributed by atoms with Gasteiger partial charge in [-0.1, -0.05) is 85.1 Å². The van der Waals surface area contributed by atoms with E-state index in [1.807, 2.05) is 0 Å². The van der Waals surface area contributed by atoms with Gasteiger partial charge in [0.1, 0.15) is 0 Å². The average Bonchev–Trinajstić information content (AvgIpc) is 3.44. The van der Waals surface area contributed by atoms with Gasteiger partial charge in [0.05, 0.1) is 36.6 Å². The maximum atomic E-state index is 10.3. The van der Waals surface area contributed by atoms with Gasteiger partial charge in [0.15, 0.2) is 8.32 Å². The second-order valence-corrected chi connectivity index (χ2v) is 17.1. The molecule has 2 fully saturated rings. The molecule has 34 heavy (non-hydrogen) atoms. The summed E-state index contributed by atoms with van der Waals surface area (Å²) >= 11 is 0. The van der Waals surface area contributed by atoms with Crippen LogP contribution in [0.4, 0.5) is 0 Å². The minimum Gasteiger partial charge on any atom is -0.411 e. The number of hydrogen-bond donors (Lipinski definition) is 1. The molecule has 200 valence electrons. The molecular weight excluding hydrogens is 440 g/mol. The van der Waals surface area contributed by atoms with Crippen molar-refractivity contribution in [3.63, 3.8) is 0 Å². The van der Waals surface area contributed by atoms with Crippen LogP contribution in [0, 0.1) is 0 Å². The highest BCUT2D eigenvalue weighted by molar-refractivity contribution is 6.74. The predicted octanol–water partition coefficient (Wildman–Crippen LogP) is 7.94. The Balaban J connectivity index is 1.88. The zero-order valence-corrected chi connectivity index (χ0v) is 24.3. The molecule has 0 aromatic carbocycles. The van der Waals surface area contributed by atoms with Crippen molar-refractivity contribution >= 4 is 8.32 Å². The molecular formula is C29H56O4Si. The molecule has 0 unspecified atom stereocenters. The standard InChI is InChI=1S/C29H56O4Si/c1-8-10-11-12-13-14-15-16-18-28(33-34(6,7)29(3,4)5)27-22-21-26(32-27)25-20-19-24(31-25)23(30)17-9-2/h9,23-28,30H,2,8,10-22H2,1,3-7H3/t23-,24-,25-,26-,27-,28+/m1/s1. The highest BCUT2D eigenvalue weighted by atomic mass is 28.4. The third-order valence-electron chi connectivity index (χ3n) is 8.43. The topological polar surface area (TPSA) is 47.9 Å². The highest BCUT2D eigenvalue weighted by Crippen LogP contribution is 2.41. The molecule has 0 amide bonds. The predicted molar refractivity (Wildman–Crippen MR) is 146 cm³/mol. The summed E-state index contributed by atoms with van der Waals surface area (Å²) < 4.78 is 19.9. The maximum Gasteiger partial charge on any atom is 0.192 e. The lowest BCUT2D eigenvalue weighted by Gasteiger charge is -2.41. The first kappa shape index (κ1) is 30.0. The van der Waals surface area contributed by atoms with E-state index in [9.17, 15) is 5.11 Å². The van der Waals surface area contributed by atoms with E-state index in [1.165, 1.54) is 51.4 Å². The molecule has 5 heteroatoms. The molecule has 2 aliphatic heterocycles. The lowest BCUT2D eigenvalue weighted by molar-refractivity contribution is -0.107. The van der Waals surface area contributed by atoms with Gasteiger partial charge in [0, 0.05) is 0 Å². The van der Waals surface area contributed by atoms with E-state index in [2.05, 4.69) is 47.4 Å². The Morgan fingerprint density at radius 2 is 1.44 bits per heavy atom. The SMILES string of the molecule is C=CC[C@@H](O)[C@H]1CC[C@H]([C@H]2CC[C@H]([C@H](CCCCCCCCCC)O[Si](C)(C)C(C)(C)C)O2)O1. The third kappa shape index (κ3) is 9.35. The number of aliphatic hydroxyl groups is 1. The van der Waals surface area contributed by atoms with Crippen molar-refractivity contribution in [3.8, 4) is 0 Å². The van der Waals surface area contributed by atoms with E-state index in [-0.39, 0.29) is 35.6 Å². The molecule has 0 aromatic rings. The Labute approximate surface area is 212 Å². The van der Waals surface area contributed by atoms with Gasteiger partial charge in [-0.15, -0.1) is 6.58 Å². The molecule has 0 radical (unpaired) electrons. The molecule has 6 atom stereocenters. The van der Waals surface area contributed by atoms with Crippen LogP contribution in [0.15, 0.2) is 12.7 Å². The monoisotopic (exact) mass is 496 g/mol. The van der Waals surface area contributed by atoms with E-state index in [4.69, 9.17) is 13.9 Å². The summed E-state index contributed by atoms with van der Waals surface area (Å²) in [6.45, 7) is 17.7. The summed E-state index contributed by atoms with van der Waals surface area (Å²) in [5.74, 6) is 0. The van der Waals surface area contributed by atoms with Crippen molar-refractivity contribution < 1.29 is 19.0 Å². The van der Waals surface area contributed by atoms with E-state index < -0.39 is 14.4 Å². The van der Waals surface area contributed by atoms with Gasteiger partial charge >= 0.3 is 0 Å². The van der Waals surface area contributed by atoms with Crippen molar-refractivity contribution in [1.29, 1.82) is 0 Å². The maximum absolute atomic E-state index is 10.3. The van der Waals surface area contributed by atoms with Crippen LogP contribution in [0.2, 0.25) is 18.1 Å². The normalized spacial score (nSPS) is 27.7. The summed E-state index contributed by atoms with van der Waals surface area (Å²) in [5, 5.41) is 10.5. The van der Waals surface area contributed by atoms with Gasteiger partial charge in [-0.25, -0.2) is 0 Å².